The third-order valence-electron chi connectivity index (χ3n) is 5.67. The van der Waals surface area contributed by atoms with Gasteiger partial charge in [-0.15, -0.1) is 0 Å². The maximum atomic E-state index is 12.5. The van der Waals surface area contributed by atoms with Gasteiger partial charge in [0.1, 0.15) is 0 Å². The second-order valence-corrected chi connectivity index (χ2v) is 8.08. The van der Waals surface area contributed by atoms with Gasteiger partial charge in [0.2, 0.25) is 5.91 Å². The third-order valence-corrected chi connectivity index (χ3v) is 5.67. The molecule has 1 aliphatic rings. The Morgan fingerprint density at radius 3 is 2.24 bits per heavy atom. The minimum absolute atomic E-state index is 0.0247. The van der Waals surface area contributed by atoms with Crippen LogP contribution in [0.25, 0.3) is 0 Å². The number of aryl methyl sites for hydroxylation is 3. The molecule has 3 amide bonds. The van der Waals surface area contributed by atoms with E-state index in [1.807, 2.05) is 51.1 Å². The van der Waals surface area contributed by atoms with E-state index in [-0.39, 0.29) is 24.5 Å². The van der Waals surface area contributed by atoms with Crippen LogP contribution in [-0.2, 0) is 4.79 Å². The van der Waals surface area contributed by atoms with Crippen LogP contribution in [0.15, 0.2) is 42.5 Å². The third kappa shape index (κ3) is 5.59. The summed E-state index contributed by atoms with van der Waals surface area (Å²) in [4.78, 5) is 24.9. The lowest BCUT2D eigenvalue weighted by molar-refractivity contribution is -0.115. The number of hydrogen-bond donors (Lipinski definition) is 3. The fourth-order valence-electron chi connectivity index (χ4n) is 4.34. The van der Waals surface area contributed by atoms with Crippen LogP contribution in [0.2, 0.25) is 0 Å². The van der Waals surface area contributed by atoms with Crippen molar-refractivity contribution in [3.8, 4) is 0 Å². The molecule has 3 rings (SSSR count). The summed E-state index contributed by atoms with van der Waals surface area (Å²) in [6, 6.07) is 13.8. The van der Waals surface area contributed by atoms with Crippen molar-refractivity contribution < 1.29 is 9.59 Å². The number of carbonyl (C=O) groups is 2. The first-order chi connectivity index (χ1) is 13.9. The highest BCUT2D eigenvalue weighted by molar-refractivity contribution is 5.95. The normalized spacial score (nSPS) is 15.0. The Hall–Kier alpha value is -2.82. The predicted molar refractivity (Wildman–Crippen MR) is 117 cm³/mol. The summed E-state index contributed by atoms with van der Waals surface area (Å²) in [5, 5.41) is 8.73. The summed E-state index contributed by atoms with van der Waals surface area (Å²) in [6.45, 7) is 5.92. The molecule has 1 fully saturated rings. The maximum Gasteiger partial charge on any atom is 0.315 e. The zero-order valence-electron chi connectivity index (χ0n) is 17.5. The van der Waals surface area contributed by atoms with Gasteiger partial charge in [0.25, 0.3) is 0 Å². The van der Waals surface area contributed by atoms with Crippen LogP contribution in [0.4, 0.5) is 10.5 Å². The highest BCUT2D eigenvalue weighted by Crippen LogP contribution is 2.35. The number of benzene rings is 2. The van der Waals surface area contributed by atoms with Crippen LogP contribution >= 0.6 is 0 Å². The van der Waals surface area contributed by atoms with Crippen LogP contribution in [0.1, 0.15) is 54.0 Å². The molecule has 1 aliphatic carbocycles. The molecule has 154 valence electrons. The van der Waals surface area contributed by atoms with Gasteiger partial charge in [-0.1, -0.05) is 60.9 Å². The lowest BCUT2D eigenvalue weighted by Gasteiger charge is -2.25. The minimum atomic E-state index is -0.307. The average Bonchev–Trinajstić information content (AvgIpc) is 3.22. The Labute approximate surface area is 173 Å². The van der Waals surface area contributed by atoms with E-state index in [9.17, 15) is 9.59 Å². The van der Waals surface area contributed by atoms with Gasteiger partial charge in [0, 0.05) is 5.69 Å². The van der Waals surface area contributed by atoms with E-state index in [0.29, 0.717) is 5.92 Å². The second-order valence-electron chi connectivity index (χ2n) is 8.08. The molecule has 0 aliphatic heterocycles. The fraction of sp³-hybridized carbons (Fsp3) is 0.417. The number of carbonyl (C=O) groups excluding carboxylic acids is 2. The van der Waals surface area contributed by atoms with E-state index in [2.05, 4.69) is 28.1 Å². The lowest BCUT2D eigenvalue weighted by atomic mass is 9.92. The molecule has 1 unspecified atom stereocenters. The minimum Gasteiger partial charge on any atom is -0.331 e. The molecule has 0 radical (unpaired) electrons. The average molecular weight is 394 g/mol. The van der Waals surface area contributed by atoms with Gasteiger partial charge < -0.3 is 16.0 Å². The number of rotatable bonds is 6. The van der Waals surface area contributed by atoms with Crippen LogP contribution < -0.4 is 16.0 Å². The Morgan fingerprint density at radius 1 is 1.00 bits per heavy atom. The predicted octanol–water partition coefficient (Wildman–Crippen LogP) is 4.78. The van der Waals surface area contributed by atoms with Crippen LogP contribution in [-0.4, -0.2) is 18.5 Å². The molecule has 0 aromatic heterocycles. The Morgan fingerprint density at radius 2 is 1.62 bits per heavy atom. The van der Waals surface area contributed by atoms with Crippen molar-refractivity contribution in [2.75, 3.05) is 11.9 Å². The summed E-state index contributed by atoms with van der Waals surface area (Å²) in [6.07, 6.45) is 4.64. The van der Waals surface area contributed by atoms with Gasteiger partial charge in [-0.2, -0.15) is 0 Å². The van der Waals surface area contributed by atoms with E-state index in [4.69, 9.17) is 0 Å². The summed E-state index contributed by atoms with van der Waals surface area (Å²) in [5.41, 5.74) is 5.13. The van der Waals surface area contributed by atoms with Gasteiger partial charge in [0.05, 0.1) is 12.6 Å². The molecular weight excluding hydrogens is 362 g/mol. The number of urea groups is 1. The number of anilines is 1. The van der Waals surface area contributed by atoms with Gasteiger partial charge >= 0.3 is 6.03 Å². The molecular formula is C24H31N3O2. The summed E-state index contributed by atoms with van der Waals surface area (Å²) >= 11 is 0. The van der Waals surface area contributed by atoms with Gasteiger partial charge in [-0.05, 0) is 56.2 Å². The molecule has 0 heterocycles. The molecule has 5 heteroatoms. The van der Waals surface area contributed by atoms with E-state index >= 15 is 0 Å². The monoisotopic (exact) mass is 393 g/mol. The maximum absolute atomic E-state index is 12.5. The topological polar surface area (TPSA) is 70.2 Å². The molecule has 1 saturated carbocycles. The molecule has 0 spiro atoms. The first-order valence-corrected chi connectivity index (χ1v) is 10.4. The quantitative estimate of drug-likeness (QED) is 0.661. The van der Waals surface area contributed by atoms with Gasteiger partial charge in [0.15, 0.2) is 0 Å². The molecule has 0 saturated heterocycles. The fourth-order valence-corrected chi connectivity index (χ4v) is 4.34. The Balaban J connectivity index is 1.57. The van der Waals surface area contributed by atoms with Crippen LogP contribution in [0.3, 0.4) is 0 Å². The molecule has 2 aromatic rings. The molecule has 5 nitrogen and oxygen atoms in total. The van der Waals surface area contributed by atoms with Crippen molar-refractivity contribution in [3.05, 3.63) is 64.7 Å². The molecule has 3 N–H and O–H groups in total. The first kappa shape index (κ1) is 20.9. The zero-order valence-corrected chi connectivity index (χ0v) is 17.5. The van der Waals surface area contributed by atoms with Gasteiger partial charge in [-0.25, -0.2) is 4.79 Å². The highest BCUT2D eigenvalue weighted by atomic mass is 16.2. The number of amides is 3. The number of hydrogen-bond acceptors (Lipinski definition) is 2. The van der Waals surface area contributed by atoms with Crippen molar-refractivity contribution >= 4 is 17.6 Å². The van der Waals surface area contributed by atoms with Crippen molar-refractivity contribution in [3.63, 3.8) is 0 Å². The standard InChI is InChI=1S/C24H31N3O2/c1-16-13-17(2)22(18(3)14-16)26-21(28)15-25-24(29)27-23(20-11-7-8-12-20)19-9-5-4-6-10-19/h4-6,9-10,13-14,20,23H,7-8,11-12,15H2,1-3H3,(H,26,28)(H2,25,27,29). The van der Waals surface area contributed by atoms with Crippen LogP contribution in [0, 0.1) is 26.7 Å². The SMILES string of the molecule is Cc1cc(C)c(NC(=O)CNC(=O)NC(c2ccccc2)C2CCCC2)c(C)c1. The van der Waals surface area contributed by atoms with Crippen LogP contribution in [0.5, 0.6) is 0 Å². The highest BCUT2D eigenvalue weighted by Gasteiger charge is 2.27. The largest absolute Gasteiger partial charge is 0.331 e. The van der Waals surface area contributed by atoms with Crippen molar-refractivity contribution in [2.45, 2.75) is 52.5 Å². The second kappa shape index (κ2) is 9.59. The molecule has 1 atom stereocenters. The Kier molecular flexibility index (Phi) is 6.91. The summed E-state index contributed by atoms with van der Waals surface area (Å²) in [5.74, 6) is 0.210. The zero-order chi connectivity index (χ0) is 20.8. The van der Waals surface area contributed by atoms with E-state index in [0.717, 1.165) is 40.8 Å². The Bertz CT molecular complexity index is 835. The van der Waals surface area contributed by atoms with Crippen molar-refractivity contribution in [1.82, 2.24) is 10.6 Å². The summed E-state index contributed by atoms with van der Waals surface area (Å²) < 4.78 is 0. The van der Waals surface area contributed by atoms with E-state index in [1.165, 1.54) is 12.8 Å². The first-order valence-electron chi connectivity index (χ1n) is 10.4. The van der Waals surface area contributed by atoms with E-state index < -0.39 is 0 Å². The molecule has 2 aromatic carbocycles. The van der Waals surface area contributed by atoms with Crippen molar-refractivity contribution in [1.29, 1.82) is 0 Å². The lowest BCUT2D eigenvalue weighted by Crippen LogP contribution is -2.43. The van der Waals surface area contributed by atoms with Gasteiger partial charge in [-0.3, -0.25) is 4.79 Å². The molecule has 0 bridgehead atoms. The number of nitrogens with one attached hydrogen (secondary N) is 3. The molecule has 29 heavy (non-hydrogen) atoms. The van der Waals surface area contributed by atoms with Crippen molar-refractivity contribution in [2.24, 2.45) is 5.92 Å². The smallest absolute Gasteiger partial charge is 0.315 e. The summed E-state index contributed by atoms with van der Waals surface area (Å²) in [7, 11) is 0. The van der Waals surface area contributed by atoms with E-state index in [1.54, 1.807) is 0 Å².